The molecule has 5 heteroatoms. The summed E-state index contributed by atoms with van der Waals surface area (Å²) >= 11 is 0. The summed E-state index contributed by atoms with van der Waals surface area (Å²) in [5, 5.41) is 9.01. The highest BCUT2D eigenvalue weighted by molar-refractivity contribution is 5.87. The standard InChI is InChI=1S/C15H24N2O3/c1-5-13(6-2)17(7-8-20-4)14-11(3)9-12(10-16-14)15(18)19/h9-10,13H,5-8H2,1-4H3,(H,18,19). The second kappa shape index (κ2) is 7.85. The molecule has 0 atom stereocenters. The lowest BCUT2D eigenvalue weighted by molar-refractivity contribution is 0.0696. The van der Waals surface area contributed by atoms with Crippen LogP contribution in [-0.4, -0.2) is 42.4 Å². The van der Waals surface area contributed by atoms with E-state index in [4.69, 9.17) is 9.84 Å². The maximum Gasteiger partial charge on any atom is 0.337 e. The van der Waals surface area contributed by atoms with Crippen molar-refractivity contribution < 1.29 is 14.6 Å². The Morgan fingerprint density at radius 3 is 2.55 bits per heavy atom. The summed E-state index contributed by atoms with van der Waals surface area (Å²) in [6.45, 7) is 7.57. The lowest BCUT2D eigenvalue weighted by Gasteiger charge is -2.32. The Hall–Kier alpha value is -1.62. The largest absolute Gasteiger partial charge is 0.478 e. The Labute approximate surface area is 120 Å². The predicted molar refractivity (Wildman–Crippen MR) is 79.5 cm³/mol. The number of aromatic nitrogens is 1. The van der Waals surface area contributed by atoms with Crippen LogP contribution in [0.1, 0.15) is 42.6 Å². The normalized spacial score (nSPS) is 10.8. The van der Waals surface area contributed by atoms with Gasteiger partial charge in [-0.25, -0.2) is 9.78 Å². The van der Waals surface area contributed by atoms with Crippen molar-refractivity contribution in [2.45, 2.75) is 39.7 Å². The lowest BCUT2D eigenvalue weighted by Crippen LogP contribution is -2.38. The Morgan fingerprint density at radius 2 is 2.10 bits per heavy atom. The second-order valence-corrected chi connectivity index (χ2v) is 4.83. The number of carboxylic acid groups (broad SMARTS) is 1. The third-order valence-electron chi connectivity index (χ3n) is 3.49. The number of hydrogen-bond acceptors (Lipinski definition) is 4. The first-order valence-electron chi connectivity index (χ1n) is 7.00. The average Bonchev–Trinajstić information content (AvgIpc) is 2.43. The van der Waals surface area contributed by atoms with Gasteiger partial charge in [-0.3, -0.25) is 0 Å². The summed E-state index contributed by atoms with van der Waals surface area (Å²) in [5.74, 6) is -0.0983. The Balaban J connectivity index is 3.09. The van der Waals surface area contributed by atoms with Crippen LogP contribution in [0.4, 0.5) is 5.82 Å². The molecule has 0 spiro atoms. The highest BCUT2D eigenvalue weighted by Gasteiger charge is 2.19. The minimum Gasteiger partial charge on any atom is -0.478 e. The third-order valence-corrected chi connectivity index (χ3v) is 3.49. The topological polar surface area (TPSA) is 62.7 Å². The van der Waals surface area contributed by atoms with Crippen LogP contribution in [0, 0.1) is 6.92 Å². The number of carboxylic acids is 1. The zero-order chi connectivity index (χ0) is 15.1. The summed E-state index contributed by atoms with van der Waals surface area (Å²) in [5.41, 5.74) is 1.11. The van der Waals surface area contributed by atoms with Crippen molar-refractivity contribution in [2.24, 2.45) is 0 Å². The fraction of sp³-hybridized carbons (Fsp3) is 0.600. The first-order valence-corrected chi connectivity index (χ1v) is 7.00. The summed E-state index contributed by atoms with van der Waals surface area (Å²) < 4.78 is 5.17. The molecule has 0 amide bonds. The van der Waals surface area contributed by atoms with Gasteiger partial charge in [0.05, 0.1) is 12.2 Å². The zero-order valence-corrected chi connectivity index (χ0v) is 12.7. The van der Waals surface area contributed by atoms with Gasteiger partial charge in [0, 0.05) is 25.9 Å². The number of anilines is 1. The molecule has 1 N–H and O–H groups in total. The molecule has 0 bridgehead atoms. The molecule has 0 aromatic carbocycles. The molecular formula is C15H24N2O3. The Morgan fingerprint density at radius 1 is 1.45 bits per heavy atom. The van der Waals surface area contributed by atoms with Crippen LogP contribution in [0.2, 0.25) is 0 Å². The number of aryl methyl sites for hydroxylation is 1. The van der Waals surface area contributed by atoms with Crippen molar-refractivity contribution in [1.82, 2.24) is 4.98 Å². The van der Waals surface area contributed by atoms with Gasteiger partial charge in [-0.15, -0.1) is 0 Å². The van der Waals surface area contributed by atoms with E-state index in [1.54, 1.807) is 13.2 Å². The number of ether oxygens (including phenoxy) is 1. The smallest absolute Gasteiger partial charge is 0.337 e. The van der Waals surface area contributed by atoms with Gasteiger partial charge >= 0.3 is 5.97 Å². The molecule has 0 aliphatic rings. The number of rotatable bonds is 8. The molecule has 0 saturated carbocycles. The fourth-order valence-electron chi connectivity index (χ4n) is 2.37. The van der Waals surface area contributed by atoms with E-state index in [0.29, 0.717) is 12.6 Å². The van der Waals surface area contributed by atoms with E-state index in [9.17, 15) is 4.79 Å². The number of methoxy groups -OCH3 is 1. The van der Waals surface area contributed by atoms with Crippen LogP contribution >= 0.6 is 0 Å². The lowest BCUT2D eigenvalue weighted by atomic mass is 10.1. The number of nitrogens with zero attached hydrogens (tertiary/aromatic N) is 2. The van der Waals surface area contributed by atoms with E-state index in [1.807, 2.05) is 6.92 Å². The zero-order valence-electron chi connectivity index (χ0n) is 12.7. The van der Waals surface area contributed by atoms with Gasteiger partial charge in [-0.1, -0.05) is 13.8 Å². The highest BCUT2D eigenvalue weighted by Crippen LogP contribution is 2.22. The van der Waals surface area contributed by atoms with Gasteiger partial charge in [-0.05, 0) is 31.4 Å². The van der Waals surface area contributed by atoms with Crippen LogP contribution in [0.15, 0.2) is 12.3 Å². The van der Waals surface area contributed by atoms with Gasteiger partial charge in [0.15, 0.2) is 0 Å². The van der Waals surface area contributed by atoms with E-state index >= 15 is 0 Å². The summed E-state index contributed by atoms with van der Waals surface area (Å²) in [6, 6.07) is 2.05. The molecule has 112 valence electrons. The summed E-state index contributed by atoms with van der Waals surface area (Å²) in [6.07, 6.45) is 3.46. The fourth-order valence-corrected chi connectivity index (χ4v) is 2.37. The molecule has 1 rings (SSSR count). The third kappa shape index (κ3) is 3.93. The summed E-state index contributed by atoms with van der Waals surface area (Å²) in [4.78, 5) is 17.6. The first-order chi connectivity index (χ1) is 9.54. The summed E-state index contributed by atoms with van der Waals surface area (Å²) in [7, 11) is 1.68. The van der Waals surface area contributed by atoms with E-state index < -0.39 is 5.97 Å². The number of carbonyl (C=O) groups is 1. The van der Waals surface area contributed by atoms with Crippen molar-refractivity contribution in [3.05, 3.63) is 23.4 Å². The molecule has 5 nitrogen and oxygen atoms in total. The average molecular weight is 280 g/mol. The van der Waals surface area contributed by atoms with Crippen LogP contribution < -0.4 is 4.90 Å². The monoisotopic (exact) mass is 280 g/mol. The second-order valence-electron chi connectivity index (χ2n) is 4.83. The molecule has 0 fully saturated rings. The molecule has 0 unspecified atom stereocenters. The number of pyridine rings is 1. The van der Waals surface area contributed by atoms with Crippen molar-refractivity contribution in [3.8, 4) is 0 Å². The van der Waals surface area contributed by atoms with Crippen molar-refractivity contribution in [2.75, 3.05) is 25.2 Å². The van der Waals surface area contributed by atoms with Crippen LogP contribution in [0.5, 0.6) is 0 Å². The molecule has 1 heterocycles. The van der Waals surface area contributed by atoms with Gasteiger partial charge in [0.1, 0.15) is 5.82 Å². The van der Waals surface area contributed by atoms with Crippen molar-refractivity contribution in [1.29, 1.82) is 0 Å². The predicted octanol–water partition coefficient (Wildman–Crippen LogP) is 2.73. The van der Waals surface area contributed by atoms with Crippen molar-refractivity contribution >= 4 is 11.8 Å². The van der Waals surface area contributed by atoms with E-state index in [0.717, 1.165) is 30.8 Å². The van der Waals surface area contributed by atoms with Gasteiger partial charge in [0.25, 0.3) is 0 Å². The van der Waals surface area contributed by atoms with Gasteiger partial charge in [0.2, 0.25) is 0 Å². The number of aromatic carboxylic acids is 1. The molecule has 0 radical (unpaired) electrons. The van der Waals surface area contributed by atoms with Crippen LogP contribution in [-0.2, 0) is 4.74 Å². The molecule has 0 aliphatic heterocycles. The maximum atomic E-state index is 11.0. The first kappa shape index (κ1) is 16.4. The minimum atomic E-state index is -0.946. The highest BCUT2D eigenvalue weighted by atomic mass is 16.5. The quantitative estimate of drug-likeness (QED) is 0.793. The molecule has 1 aromatic rings. The minimum absolute atomic E-state index is 0.225. The van der Waals surface area contributed by atoms with Crippen LogP contribution in [0.3, 0.4) is 0 Å². The molecule has 0 saturated heterocycles. The molecule has 1 aromatic heterocycles. The van der Waals surface area contributed by atoms with Crippen LogP contribution in [0.25, 0.3) is 0 Å². The Kier molecular flexibility index (Phi) is 6.45. The SMILES string of the molecule is CCC(CC)N(CCOC)c1ncc(C(=O)O)cc1C. The molecule has 0 aliphatic carbocycles. The van der Waals surface area contributed by atoms with E-state index in [-0.39, 0.29) is 5.56 Å². The molecule has 20 heavy (non-hydrogen) atoms. The van der Waals surface area contributed by atoms with Crippen molar-refractivity contribution in [3.63, 3.8) is 0 Å². The van der Waals surface area contributed by atoms with Gasteiger partial charge in [-0.2, -0.15) is 0 Å². The number of hydrogen-bond donors (Lipinski definition) is 1. The van der Waals surface area contributed by atoms with E-state index in [2.05, 4.69) is 23.7 Å². The maximum absolute atomic E-state index is 11.0. The Bertz CT molecular complexity index is 445. The van der Waals surface area contributed by atoms with E-state index in [1.165, 1.54) is 6.20 Å². The van der Waals surface area contributed by atoms with Gasteiger partial charge < -0.3 is 14.7 Å². The molecular weight excluding hydrogens is 256 g/mol.